The van der Waals surface area contributed by atoms with E-state index in [0.29, 0.717) is 11.5 Å². The summed E-state index contributed by atoms with van der Waals surface area (Å²) in [5, 5.41) is 3.74. The molecule has 1 N–H and O–H groups in total. The highest BCUT2D eigenvalue weighted by molar-refractivity contribution is 5.69. The van der Waals surface area contributed by atoms with Crippen LogP contribution in [0.5, 0.6) is 0 Å². The summed E-state index contributed by atoms with van der Waals surface area (Å²) in [4.78, 5) is 2.17. The van der Waals surface area contributed by atoms with E-state index in [0.717, 1.165) is 0 Å². The zero-order chi connectivity index (χ0) is 12.5. The van der Waals surface area contributed by atoms with Crippen molar-refractivity contribution in [3.63, 3.8) is 0 Å². The molecule has 0 radical (unpaired) electrons. The van der Waals surface area contributed by atoms with Gasteiger partial charge in [0.1, 0.15) is 0 Å². The zero-order valence-electron chi connectivity index (χ0n) is 11.5. The molecule has 1 unspecified atom stereocenters. The molecule has 1 saturated carbocycles. The molecule has 1 fully saturated rings. The second-order valence-electron chi connectivity index (χ2n) is 5.99. The Hall–Kier alpha value is -1.18. The molecule has 17 heavy (non-hydrogen) atoms. The number of nitrogens with zero attached hydrogens (tertiary/aromatic N) is 1. The summed E-state index contributed by atoms with van der Waals surface area (Å²) in [5.74, 6) is 0. The van der Waals surface area contributed by atoms with E-state index in [1.165, 1.54) is 30.6 Å². The standard InChI is InChI=1S/C15H24N2/c1-15(2)11-7-10-14(15)16-12-8-5-6-9-13(12)17(3)4/h5-6,8-9,14,16H,7,10-11H2,1-4H3. The summed E-state index contributed by atoms with van der Waals surface area (Å²) in [7, 11) is 4.20. The van der Waals surface area contributed by atoms with Crippen molar-refractivity contribution >= 4 is 11.4 Å². The molecule has 0 aromatic heterocycles. The topological polar surface area (TPSA) is 15.3 Å². The van der Waals surface area contributed by atoms with E-state index < -0.39 is 0 Å². The largest absolute Gasteiger partial charge is 0.380 e. The van der Waals surface area contributed by atoms with Crippen molar-refractivity contribution in [2.75, 3.05) is 24.3 Å². The molecule has 2 heteroatoms. The van der Waals surface area contributed by atoms with E-state index in [-0.39, 0.29) is 0 Å². The predicted molar refractivity (Wildman–Crippen MR) is 75.8 cm³/mol. The van der Waals surface area contributed by atoms with Crippen LogP contribution in [0.4, 0.5) is 11.4 Å². The molecule has 2 nitrogen and oxygen atoms in total. The van der Waals surface area contributed by atoms with Gasteiger partial charge in [0.05, 0.1) is 11.4 Å². The van der Waals surface area contributed by atoms with Crippen LogP contribution in [-0.4, -0.2) is 20.1 Å². The highest BCUT2D eigenvalue weighted by atomic mass is 15.1. The van der Waals surface area contributed by atoms with Crippen molar-refractivity contribution in [1.29, 1.82) is 0 Å². The van der Waals surface area contributed by atoms with Gasteiger partial charge in [0.2, 0.25) is 0 Å². The van der Waals surface area contributed by atoms with Crippen LogP contribution in [-0.2, 0) is 0 Å². The van der Waals surface area contributed by atoms with Crippen LogP contribution < -0.4 is 10.2 Å². The minimum atomic E-state index is 0.416. The summed E-state index contributed by atoms with van der Waals surface area (Å²) in [6.07, 6.45) is 3.96. The SMILES string of the molecule is CN(C)c1ccccc1NC1CCCC1(C)C. The maximum Gasteiger partial charge on any atom is 0.0596 e. The molecule has 0 amide bonds. The van der Waals surface area contributed by atoms with E-state index >= 15 is 0 Å². The van der Waals surface area contributed by atoms with Crippen molar-refractivity contribution in [2.45, 2.75) is 39.2 Å². The third-order valence-corrected chi connectivity index (χ3v) is 3.97. The second kappa shape index (κ2) is 4.59. The fraction of sp³-hybridized carbons (Fsp3) is 0.600. The number of hydrogen-bond acceptors (Lipinski definition) is 2. The van der Waals surface area contributed by atoms with Crippen LogP contribution in [0.1, 0.15) is 33.1 Å². The number of hydrogen-bond donors (Lipinski definition) is 1. The van der Waals surface area contributed by atoms with Gasteiger partial charge in [-0.25, -0.2) is 0 Å². The number of rotatable bonds is 3. The lowest BCUT2D eigenvalue weighted by Gasteiger charge is -2.30. The van der Waals surface area contributed by atoms with Crippen LogP contribution in [0.25, 0.3) is 0 Å². The van der Waals surface area contributed by atoms with Crippen LogP contribution in [0.15, 0.2) is 24.3 Å². The Labute approximate surface area is 105 Å². The lowest BCUT2D eigenvalue weighted by atomic mass is 9.87. The van der Waals surface area contributed by atoms with Gasteiger partial charge < -0.3 is 10.2 Å². The first-order valence-electron chi connectivity index (χ1n) is 6.53. The minimum Gasteiger partial charge on any atom is -0.380 e. The fourth-order valence-electron chi connectivity index (χ4n) is 2.77. The average molecular weight is 232 g/mol. The summed E-state index contributed by atoms with van der Waals surface area (Å²) in [5.41, 5.74) is 2.95. The molecule has 94 valence electrons. The number of nitrogens with one attached hydrogen (secondary N) is 1. The lowest BCUT2D eigenvalue weighted by Crippen LogP contribution is -2.31. The van der Waals surface area contributed by atoms with E-state index in [9.17, 15) is 0 Å². The minimum absolute atomic E-state index is 0.416. The summed E-state index contributed by atoms with van der Waals surface area (Å²) >= 11 is 0. The first-order chi connectivity index (χ1) is 8.00. The van der Waals surface area contributed by atoms with Gasteiger partial charge in [-0.2, -0.15) is 0 Å². The Morgan fingerprint density at radius 1 is 1.24 bits per heavy atom. The molecule has 1 atom stereocenters. The van der Waals surface area contributed by atoms with Crippen molar-refractivity contribution in [2.24, 2.45) is 5.41 Å². The van der Waals surface area contributed by atoms with E-state index in [4.69, 9.17) is 0 Å². The highest BCUT2D eigenvalue weighted by Gasteiger charge is 2.34. The van der Waals surface area contributed by atoms with Gasteiger partial charge in [-0.15, -0.1) is 0 Å². The fourth-order valence-corrected chi connectivity index (χ4v) is 2.77. The number of para-hydroxylation sites is 2. The Kier molecular flexibility index (Phi) is 3.32. The molecular formula is C15H24N2. The number of benzene rings is 1. The molecule has 1 aromatic carbocycles. The maximum atomic E-state index is 3.74. The average Bonchev–Trinajstić information content (AvgIpc) is 2.59. The Morgan fingerprint density at radius 3 is 2.53 bits per heavy atom. The third kappa shape index (κ3) is 2.56. The lowest BCUT2D eigenvalue weighted by molar-refractivity contribution is 0.350. The van der Waals surface area contributed by atoms with Gasteiger partial charge >= 0.3 is 0 Å². The quantitative estimate of drug-likeness (QED) is 0.854. The van der Waals surface area contributed by atoms with Crippen molar-refractivity contribution in [1.82, 2.24) is 0 Å². The summed E-state index contributed by atoms with van der Waals surface area (Å²) in [6, 6.07) is 9.16. The van der Waals surface area contributed by atoms with E-state index in [1.807, 2.05) is 0 Å². The first kappa shape index (κ1) is 12.3. The molecule has 0 saturated heterocycles. The normalized spacial score (nSPS) is 22.5. The first-order valence-corrected chi connectivity index (χ1v) is 6.53. The Morgan fingerprint density at radius 2 is 1.94 bits per heavy atom. The van der Waals surface area contributed by atoms with Gasteiger partial charge in [-0.3, -0.25) is 0 Å². The molecule has 1 aliphatic rings. The Balaban J connectivity index is 2.19. The van der Waals surface area contributed by atoms with Crippen LogP contribution in [0, 0.1) is 5.41 Å². The smallest absolute Gasteiger partial charge is 0.0596 e. The third-order valence-electron chi connectivity index (χ3n) is 3.97. The summed E-state index contributed by atoms with van der Waals surface area (Å²) < 4.78 is 0. The second-order valence-corrected chi connectivity index (χ2v) is 5.99. The molecule has 2 rings (SSSR count). The molecule has 1 aromatic rings. The van der Waals surface area contributed by atoms with Gasteiger partial charge in [-0.1, -0.05) is 32.4 Å². The molecular weight excluding hydrogens is 208 g/mol. The van der Waals surface area contributed by atoms with Crippen molar-refractivity contribution < 1.29 is 0 Å². The van der Waals surface area contributed by atoms with Crippen LogP contribution in [0.3, 0.4) is 0 Å². The monoisotopic (exact) mass is 232 g/mol. The maximum absolute atomic E-state index is 3.74. The van der Waals surface area contributed by atoms with Crippen molar-refractivity contribution in [3.05, 3.63) is 24.3 Å². The molecule has 0 bridgehead atoms. The highest BCUT2D eigenvalue weighted by Crippen LogP contribution is 2.40. The molecule has 0 heterocycles. The van der Waals surface area contributed by atoms with Crippen LogP contribution >= 0.6 is 0 Å². The van der Waals surface area contributed by atoms with Gasteiger partial charge in [0, 0.05) is 20.1 Å². The zero-order valence-corrected chi connectivity index (χ0v) is 11.5. The van der Waals surface area contributed by atoms with Gasteiger partial charge in [0.25, 0.3) is 0 Å². The van der Waals surface area contributed by atoms with Gasteiger partial charge in [-0.05, 0) is 30.4 Å². The number of anilines is 2. The molecule has 0 aliphatic heterocycles. The molecule has 0 spiro atoms. The predicted octanol–water partition coefficient (Wildman–Crippen LogP) is 3.74. The Bertz CT molecular complexity index is 382. The molecule has 1 aliphatic carbocycles. The van der Waals surface area contributed by atoms with E-state index in [2.05, 4.69) is 62.4 Å². The van der Waals surface area contributed by atoms with Crippen LogP contribution in [0.2, 0.25) is 0 Å². The van der Waals surface area contributed by atoms with Crippen molar-refractivity contribution in [3.8, 4) is 0 Å². The summed E-state index contributed by atoms with van der Waals surface area (Å²) in [6.45, 7) is 4.74. The van der Waals surface area contributed by atoms with Gasteiger partial charge in [0.15, 0.2) is 0 Å². The van der Waals surface area contributed by atoms with E-state index in [1.54, 1.807) is 0 Å².